The lowest BCUT2D eigenvalue weighted by Gasteiger charge is -2.39. The van der Waals surface area contributed by atoms with Crippen LogP contribution in [0.15, 0.2) is 48.8 Å². The molecule has 0 radical (unpaired) electrons. The van der Waals surface area contributed by atoms with E-state index < -0.39 is 5.60 Å². The number of methoxy groups -OCH3 is 1. The van der Waals surface area contributed by atoms with E-state index in [-0.39, 0.29) is 6.10 Å². The van der Waals surface area contributed by atoms with Crippen LogP contribution in [0.2, 0.25) is 15.1 Å². The quantitative estimate of drug-likeness (QED) is 0.487. The molecule has 2 unspecified atom stereocenters. The first-order valence-electron chi connectivity index (χ1n) is 8.76. The number of aromatic amines is 1. The highest BCUT2D eigenvalue weighted by atomic mass is 35.5. The van der Waals surface area contributed by atoms with Crippen LogP contribution in [-0.2, 0) is 16.8 Å². The van der Waals surface area contributed by atoms with Gasteiger partial charge in [-0.1, -0.05) is 47.8 Å². The number of ether oxygens (including phenoxy) is 2. The summed E-state index contributed by atoms with van der Waals surface area (Å²) in [5.41, 5.74) is -0.176. The smallest absolute Gasteiger partial charge is 0.153 e. The van der Waals surface area contributed by atoms with Gasteiger partial charge in [-0.2, -0.15) is 5.10 Å². The van der Waals surface area contributed by atoms with Gasteiger partial charge in [0.1, 0.15) is 23.8 Å². The van der Waals surface area contributed by atoms with Gasteiger partial charge in [-0.15, -0.1) is 0 Å². The van der Waals surface area contributed by atoms with E-state index in [1.807, 2.05) is 25.1 Å². The molecule has 0 aliphatic heterocycles. The monoisotopic (exact) mass is 439 g/mol. The number of rotatable bonds is 8. The van der Waals surface area contributed by atoms with E-state index >= 15 is 0 Å². The molecule has 0 saturated carbocycles. The van der Waals surface area contributed by atoms with E-state index in [4.69, 9.17) is 44.3 Å². The minimum Gasteiger partial charge on any atom is -0.487 e. The van der Waals surface area contributed by atoms with Crippen molar-refractivity contribution in [1.29, 1.82) is 0 Å². The Morgan fingerprint density at radius 1 is 1.07 bits per heavy atom. The Bertz CT molecular complexity index is 904. The third-order valence-corrected chi connectivity index (χ3v) is 5.42. The van der Waals surface area contributed by atoms with Gasteiger partial charge in [0.2, 0.25) is 0 Å². The summed E-state index contributed by atoms with van der Waals surface area (Å²) in [5.74, 6) is 1.27. The van der Waals surface area contributed by atoms with E-state index in [0.717, 1.165) is 5.56 Å². The van der Waals surface area contributed by atoms with E-state index in [2.05, 4.69) is 15.2 Å². The molecule has 1 N–H and O–H groups in total. The van der Waals surface area contributed by atoms with Crippen LogP contribution in [0, 0.1) is 0 Å². The molecule has 2 atom stereocenters. The molecule has 28 heavy (non-hydrogen) atoms. The van der Waals surface area contributed by atoms with Crippen LogP contribution in [0.3, 0.4) is 0 Å². The van der Waals surface area contributed by atoms with Crippen LogP contribution in [0.5, 0.6) is 5.75 Å². The SMILES string of the molecule is CCC(Oc1ccc(Cl)cc1)C(Cc1nc[nH]n1)(OC)c1ccc(Cl)cc1Cl. The molecule has 5 nitrogen and oxygen atoms in total. The summed E-state index contributed by atoms with van der Waals surface area (Å²) < 4.78 is 12.4. The van der Waals surface area contributed by atoms with Crippen LogP contribution >= 0.6 is 34.8 Å². The number of hydrogen-bond donors (Lipinski definition) is 1. The second kappa shape index (κ2) is 9.14. The van der Waals surface area contributed by atoms with Gasteiger partial charge in [-0.3, -0.25) is 5.10 Å². The average Bonchev–Trinajstić information content (AvgIpc) is 3.19. The maximum Gasteiger partial charge on any atom is 0.153 e. The molecule has 0 aliphatic carbocycles. The highest BCUT2D eigenvalue weighted by molar-refractivity contribution is 6.35. The molecular formula is C20H20Cl3N3O2. The normalized spacial score (nSPS) is 14.5. The Hall–Kier alpha value is -1.79. The van der Waals surface area contributed by atoms with Crippen LogP contribution in [0.25, 0.3) is 0 Å². The molecule has 2 aromatic carbocycles. The highest BCUT2D eigenvalue weighted by Crippen LogP contribution is 2.40. The zero-order valence-electron chi connectivity index (χ0n) is 15.5. The lowest BCUT2D eigenvalue weighted by atomic mass is 9.83. The topological polar surface area (TPSA) is 60.0 Å². The second-order valence-corrected chi connectivity index (χ2v) is 7.56. The summed E-state index contributed by atoms with van der Waals surface area (Å²) in [5, 5.41) is 8.61. The molecule has 3 rings (SSSR count). The van der Waals surface area contributed by atoms with Gasteiger partial charge in [0.05, 0.1) is 0 Å². The van der Waals surface area contributed by atoms with Crippen molar-refractivity contribution in [2.45, 2.75) is 31.5 Å². The molecule has 148 valence electrons. The zero-order chi connectivity index (χ0) is 20.1. The molecule has 0 bridgehead atoms. The predicted octanol–water partition coefficient (Wildman–Crippen LogP) is 5.71. The average molecular weight is 441 g/mol. The van der Waals surface area contributed by atoms with Crippen molar-refractivity contribution in [3.63, 3.8) is 0 Å². The van der Waals surface area contributed by atoms with Gasteiger partial charge < -0.3 is 9.47 Å². The number of halogens is 3. The Morgan fingerprint density at radius 3 is 2.36 bits per heavy atom. The molecule has 0 spiro atoms. The molecular weight excluding hydrogens is 421 g/mol. The van der Waals surface area contributed by atoms with Gasteiger partial charge in [0.15, 0.2) is 5.82 Å². The van der Waals surface area contributed by atoms with Crippen LogP contribution in [0.1, 0.15) is 24.7 Å². The third-order valence-electron chi connectivity index (χ3n) is 4.62. The van der Waals surface area contributed by atoms with Gasteiger partial charge in [0.25, 0.3) is 0 Å². The third kappa shape index (κ3) is 4.44. The maximum atomic E-state index is 6.57. The van der Waals surface area contributed by atoms with Crippen molar-refractivity contribution < 1.29 is 9.47 Å². The van der Waals surface area contributed by atoms with E-state index in [1.165, 1.54) is 6.33 Å². The molecule has 1 heterocycles. The Kier molecular flexibility index (Phi) is 6.83. The molecule has 0 saturated heterocycles. The highest BCUT2D eigenvalue weighted by Gasteiger charge is 2.44. The summed E-state index contributed by atoms with van der Waals surface area (Å²) in [4.78, 5) is 4.27. The first-order valence-corrected chi connectivity index (χ1v) is 9.89. The molecule has 0 amide bonds. The van der Waals surface area contributed by atoms with Crippen LogP contribution in [-0.4, -0.2) is 28.4 Å². The lowest BCUT2D eigenvalue weighted by Crippen LogP contribution is -2.47. The minimum absolute atomic E-state index is 0.362. The second-order valence-electron chi connectivity index (χ2n) is 6.28. The minimum atomic E-state index is -0.932. The molecule has 3 aromatic rings. The van der Waals surface area contributed by atoms with Gasteiger partial charge in [-0.25, -0.2) is 4.98 Å². The van der Waals surface area contributed by atoms with E-state index in [0.29, 0.717) is 39.5 Å². The number of aromatic nitrogens is 3. The van der Waals surface area contributed by atoms with E-state index in [9.17, 15) is 0 Å². The first-order chi connectivity index (χ1) is 13.5. The largest absolute Gasteiger partial charge is 0.487 e. The standard InChI is InChI=1S/C20H20Cl3N3O2/c1-3-18(28-15-7-4-13(21)5-8-15)20(27-2,11-19-24-12-25-26-19)16-9-6-14(22)10-17(16)23/h4-10,12,18H,3,11H2,1-2H3,(H,24,25,26). The van der Waals surface area contributed by atoms with Gasteiger partial charge in [-0.05, 0) is 42.8 Å². The van der Waals surface area contributed by atoms with Crippen molar-refractivity contribution in [3.05, 3.63) is 75.2 Å². The Labute approximate surface area is 178 Å². The van der Waals surface area contributed by atoms with Crippen molar-refractivity contribution in [2.24, 2.45) is 0 Å². The van der Waals surface area contributed by atoms with E-state index in [1.54, 1.807) is 31.4 Å². The van der Waals surface area contributed by atoms with Crippen LogP contribution in [0.4, 0.5) is 0 Å². The number of nitrogens with one attached hydrogen (secondary N) is 1. The molecule has 0 fully saturated rings. The molecule has 8 heteroatoms. The molecule has 1 aromatic heterocycles. The summed E-state index contributed by atoms with van der Waals surface area (Å²) in [6.07, 6.45) is 2.16. The fourth-order valence-corrected chi connectivity index (χ4v) is 3.96. The maximum absolute atomic E-state index is 6.57. The summed E-state index contributed by atoms with van der Waals surface area (Å²) in [6, 6.07) is 12.5. The van der Waals surface area contributed by atoms with Gasteiger partial charge >= 0.3 is 0 Å². The lowest BCUT2D eigenvalue weighted by molar-refractivity contribution is -0.0998. The number of hydrogen-bond acceptors (Lipinski definition) is 4. The fourth-order valence-electron chi connectivity index (χ4n) is 3.27. The van der Waals surface area contributed by atoms with Crippen molar-refractivity contribution in [1.82, 2.24) is 15.2 Å². The van der Waals surface area contributed by atoms with Crippen molar-refractivity contribution in [3.8, 4) is 5.75 Å². The first kappa shape index (κ1) is 20.9. The van der Waals surface area contributed by atoms with Crippen molar-refractivity contribution >= 4 is 34.8 Å². The zero-order valence-corrected chi connectivity index (χ0v) is 17.7. The van der Waals surface area contributed by atoms with Crippen molar-refractivity contribution in [2.75, 3.05) is 7.11 Å². The number of nitrogens with zero attached hydrogens (tertiary/aromatic N) is 2. The fraction of sp³-hybridized carbons (Fsp3) is 0.300. The van der Waals surface area contributed by atoms with Gasteiger partial charge in [0, 0.05) is 34.2 Å². The Balaban J connectivity index is 2.07. The number of H-pyrrole nitrogens is 1. The molecule has 0 aliphatic rings. The predicted molar refractivity (Wildman–Crippen MR) is 111 cm³/mol. The Morgan fingerprint density at radius 2 is 1.79 bits per heavy atom. The summed E-state index contributed by atoms with van der Waals surface area (Å²) in [7, 11) is 1.63. The number of benzene rings is 2. The summed E-state index contributed by atoms with van der Waals surface area (Å²) in [6.45, 7) is 2.02. The van der Waals surface area contributed by atoms with Crippen LogP contribution < -0.4 is 4.74 Å². The summed E-state index contributed by atoms with van der Waals surface area (Å²) >= 11 is 18.7.